The van der Waals surface area contributed by atoms with Crippen LogP contribution < -0.4 is 10.5 Å². The second-order valence-electron chi connectivity index (χ2n) is 5.50. The van der Waals surface area contributed by atoms with E-state index in [4.69, 9.17) is 10.5 Å². The lowest BCUT2D eigenvalue weighted by molar-refractivity contribution is 0.412. The minimum absolute atomic E-state index is 0.0710. The molecule has 2 nitrogen and oxygen atoms in total. The average molecular weight is 291 g/mol. The van der Waals surface area contributed by atoms with Gasteiger partial charge < -0.3 is 10.5 Å². The number of nitrogens with two attached hydrogens (primary N) is 1. The Morgan fingerprint density at radius 1 is 1.10 bits per heavy atom. The van der Waals surface area contributed by atoms with Crippen molar-refractivity contribution in [1.82, 2.24) is 0 Å². The first-order valence-corrected chi connectivity index (χ1v) is 6.72. The topological polar surface area (TPSA) is 35.2 Å². The Hall–Kier alpha value is -1.94. The lowest BCUT2D eigenvalue weighted by atomic mass is 9.85. The van der Waals surface area contributed by atoms with E-state index in [1.165, 1.54) is 12.1 Å². The summed E-state index contributed by atoms with van der Waals surface area (Å²) in [5.74, 6) is -0.462. The molecule has 21 heavy (non-hydrogen) atoms. The smallest absolute Gasteiger partial charge is 0.134 e. The molecule has 0 amide bonds. The van der Waals surface area contributed by atoms with Gasteiger partial charge in [-0.1, -0.05) is 18.2 Å². The Labute approximate surface area is 123 Å². The molecular formula is C17H19F2NO. The molecule has 2 aromatic rings. The van der Waals surface area contributed by atoms with Crippen LogP contribution in [0.4, 0.5) is 8.78 Å². The van der Waals surface area contributed by atoms with Gasteiger partial charge in [-0.3, -0.25) is 0 Å². The number of benzene rings is 2. The summed E-state index contributed by atoms with van der Waals surface area (Å²) in [6, 6.07) is 9.96. The van der Waals surface area contributed by atoms with Crippen LogP contribution in [0.2, 0.25) is 0 Å². The van der Waals surface area contributed by atoms with E-state index in [0.29, 0.717) is 12.0 Å². The number of ether oxygens (including phenoxy) is 1. The summed E-state index contributed by atoms with van der Waals surface area (Å²) >= 11 is 0. The maximum atomic E-state index is 14.2. The van der Waals surface area contributed by atoms with Crippen molar-refractivity contribution in [1.29, 1.82) is 0 Å². The predicted octanol–water partition coefficient (Wildman–Crippen LogP) is 3.70. The van der Waals surface area contributed by atoms with E-state index >= 15 is 0 Å². The summed E-state index contributed by atoms with van der Waals surface area (Å²) in [5.41, 5.74) is 6.28. The molecule has 1 unspecified atom stereocenters. The van der Waals surface area contributed by atoms with Gasteiger partial charge in [0.05, 0.1) is 7.11 Å². The van der Waals surface area contributed by atoms with E-state index in [-0.39, 0.29) is 5.56 Å². The minimum Gasteiger partial charge on any atom is -0.497 e. The highest BCUT2D eigenvalue weighted by atomic mass is 19.1. The maximum absolute atomic E-state index is 14.2. The highest BCUT2D eigenvalue weighted by Gasteiger charge is 2.29. The van der Waals surface area contributed by atoms with Crippen molar-refractivity contribution < 1.29 is 13.5 Å². The van der Waals surface area contributed by atoms with E-state index in [2.05, 4.69) is 0 Å². The fraction of sp³-hybridized carbons (Fsp3) is 0.294. The van der Waals surface area contributed by atoms with Gasteiger partial charge in [0, 0.05) is 11.1 Å². The van der Waals surface area contributed by atoms with Crippen LogP contribution in [0, 0.1) is 18.6 Å². The van der Waals surface area contributed by atoms with E-state index in [1.807, 2.05) is 12.1 Å². The predicted molar refractivity (Wildman–Crippen MR) is 79.3 cm³/mol. The van der Waals surface area contributed by atoms with Gasteiger partial charge >= 0.3 is 0 Å². The van der Waals surface area contributed by atoms with Gasteiger partial charge in [-0.15, -0.1) is 0 Å². The highest BCUT2D eigenvalue weighted by Crippen LogP contribution is 2.29. The zero-order valence-corrected chi connectivity index (χ0v) is 12.4. The van der Waals surface area contributed by atoms with Crippen LogP contribution in [-0.2, 0) is 12.0 Å². The van der Waals surface area contributed by atoms with Crippen molar-refractivity contribution in [3.63, 3.8) is 0 Å². The van der Waals surface area contributed by atoms with E-state index in [0.717, 1.165) is 11.3 Å². The maximum Gasteiger partial charge on any atom is 0.134 e. The van der Waals surface area contributed by atoms with Crippen molar-refractivity contribution in [3.05, 3.63) is 64.7 Å². The molecule has 0 fully saturated rings. The zero-order valence-electron chi connectivity index (χ0n) is 12.4. The molecule has 2 N–H and O–H groups in total. The van der Waals surface area contributed by atoms with Gasteiger partial charge in [0.15, 0.2) is 0 Å². The lowest BCUT2D eigenvalue weighted by Gasteiger charge is -2.27. The molecule has 0 aliphatic heterocycles. The highest BCUT2D eigenvalue weighted by molar-refractivity contribution is 5.35. The van der Waals surface area contributed by atoms with Crippen LogP contribution in [0.15, 0.2) is 36.4 Å². The third-order valence-corrected chi connectivity index (χ3v) is 3.59. The number of methoxy groups -OCH3 is 1. The Morgan fingerprint density at radius 2 is 1.71 bits per heavy atom. The standard InChI is InChI=1S/C17H19F2NO/c1-11-4-9-14(18)15(16(11)19)17(2,20)10-12-5-7-13(21-3)8-6-12/h4-9H,10,20H2,1-3H3. The molecule has 0 saturated carbocycles. The van der Waals surface area contributed by atoms with Gasteiger partial charge in [-0.25, -0.2) is 8.78 Å². The zero-order chi connectivity index (χ0) is 15.6. The molecule has 1 atom stereocenters. The average Bonchev–Trinajstić information content (AvgIpc) is 2.43. The summed E-state index contributed by atoms with van der Waals surface area (Å²) < 4.78 is 33.3. The summed E-state index contributed by atoms with van der Waals surface area (Å²) in [6.07, 6.45) is 0.328. The van der Waals surface area contributed by atoms with Crippen molar-refractivity contribution >= 4 is 0 Å². The molecule has 0 aliphatic carbocycles. The molecule has 112 valence electrons. The first-order chi connectivity index (χ1) is 9.85. The summed E-state index contributed by atoms with van der Waals surface area (Å²) in [6.45, 7) is 3.24. The van der Waals surface area contributed by atoms with Gasteiger partial charge in [-0.2, -0.15) is 0 Å². The van der Waals surface area contributed by atoms with E-state index in [1.54, 1.807) is 33.1 Å². The number of hydrogen-bond donors (Lipinski definition) is 1. The van der Waals surface area contributed by atoms with Gasteiger partial charge in [0.25, 0.3) is 0 Å². The molecule has 0 aromatic heterocycles. The first kappa shape index (κ1) is 15.4. The van der Waals surface area contributed by atoms with Crippen molar-refractivity contribution in [2.24, 2.45) is 5.73 Å². The first-order valence-electron chi connectivity index (χ1n) is 6.72. The molecule has 0 heterocycles. The molecule has 4 heteroatoms. The van der Waals surface area contributed by atoms with Crippen LogP contribution in [0.1, 0.15) is 23.6 Å². The van der Waals surface area contributed by atoms with Gasteiger partial charge in [0.1, 0.15) is 17.4 Å². The SMILES string of the molecule is COc1ccc(CC(C)(N)c2c(F)ccc(C)c2F)cc1. The third kappa shape index (κ3) is 3.22. The number of halogens is 2. The molecular weight excluding hydrogens is 272 g/mol. The number of hydrogen-bond acceptors (Lipinski definition) is 2. The van der Waals surface area contributed by atoms with Gasteiger partial charge in [-0.05, 0) is 49.6 Å². The minimum atomic E-state index is -1.13. The largest absolute Gasteiger partial charge is 0.497 e. The molecule has 0 aliphatic rings. The number of rotatable bonds is 4. The normalized spacial score (nSPS) is 13.8. The molecule has 0 saturated heterocycles. The molecule has 0 radical (unpaired) electrons. The second-order valence-corrected chi connectivity index (χ2v) is 5.50. The Balaban J connectivity index is 2.35. The van der Waals surface area contributed by atoms with Crippen molar-refractivity contribution in [2.75, 3.05) is 7.11 Å². The molecule has 0 spiro atoms. The Kier molecular flexibility index (Phi) is 4.28. The van der Waals surface area contributed by atoms with Crippen LogP contribution in [-0.4, -0.2) is 7.11 Å². The fourth-order valence-electron chi connectivity index (χ4n) is 2.44. The van der Waals surface area contributed by atoms with Crippen LogP contribution in [0.3, 0.4) is 0 Å². The lowest BCUT2D eigenvalue weighted by Crippen LogP contribution is -2.37. The van der Waals surface area contributed by atoms with Crippen molar-refractivity contribution in [3.8, 4) is 5.75 Å². The molecule has 2 aromatic carbocycles. The van der Waals surface area contributed by atoms with Gasteiger partial charge in [0.2, 0.25) is 0 Å². The third-order valence-electron chi connectivity index (χ3n) is 3.59. The molecule has 0 bridgehead atoms. The van der Waals surface area contributed by atoms with Crippen LogP contribution >= 0.6 is 0 Å². The van der Waals surface area contributed by atoms with Crippen LogP contribution in [0.5, 0.6) is 5.75 Å². The fourth-order valence-corrected chi connectivity index (χ4v) is 2.44. The van der Waals surface area contributed by atoms with Crippen LogP contribution in [0.25, 0.3) is 0 Å². The summed E-state index contributed by atoms with van der Waals surface area (Å²) in [7, 11) is 1.58. The van der Waals surface area contributed by atoms with Crippen molar-refractivity contribution in [2.45, 2.75) is 25.8 Å². The quantitative estimate of drug-likeness (QED) is 0.932. The monoisotopic (exact) mass is 291 g/mol. The Morgan fingerprint density at radius 3 is 2.29 bits per heavy atom. The summed E-state index contributed by atoms with van der Waals surface area (Å²) in [4.78, 5) is 0. The summed E-state index contributed by atoms with van der Waals surface area (Å²) in [5, 5.41) is 0. The molecule has 2 rings (SSSR count). The number of aryl methyl sites for hydroxylation is 1. The second kappa shape index (κ2) is 5.82. The van der Waals surface area contributed by atoms with E-state index in [9.17, 15) is 8.78 Å². The Bertz CT molecular complexity index is 636. The van der Waals surface area contributed by atoms with E-state index < -0.39 is 17.2 Å².